The number of rotatable bonds is 4. The van der Waals surface area contributed by atoms with Crippen LogP contribution < -0.4 is 4.74 Å². The van der Waals surface area contributed by atoms with Crippen molar-refractivity contribution < 1.29 is 23.9 Å². The summed E-state index contributed by atoms with van der Waals surface area (Å²) in [5.74, 6) is -1.47. The summed E-state index contributed by atoms with van der Waals surface area (Å²) in [5.41, 5.74) is 1.33. The maximum Gasteiger partial charge on any atom is 0.312 e. The van der Waals surface area contributed by atoms with Crippen LogP contribution in [0.4, 0.5) is 0 Å². The predicted molar refractivity (Wildman–Crippen MR) is 125 cm³/mol. The molecule has 0 radical (unpaired) electrons. The highest BCUT2D eigenvalue weighted by Gasteiger charge is 2.69. The van der Waals surface area contributed by atoms with Crippen molar-refractivity contribution in [2.45, 2.75) is 38.9 Å². The highest BCUT2D eigenvalue weighted by Crippen LogP contribution is 2.56. The number of hydrogen-bond donors (Lipinski definition) is 0. The first-order valence-corrected chi connectivity index (χ1v) is 11.9. The van der Waals surface area contributed by atoms with Crippen LogP contribution in [-0.4, -0.2) is 52.9 Å². The smallest absolute Gasteiger partial charge is 0.312 e. The molecule has 0 N–H and O–H groups in total. The van der Waals surface area contributed by atoms with Gasteiger partial charge in [-0.15, -0.1) is 0 Å². The lowest BCUT2D eigenvalue weighted by molar-refractivity contribution is -0.170. The van der Waals surface area contributed by atoms with Crippen molar-refractivity contribution >= 4 is 29.4 Å². The van der Waals surface area contributed by atoms with Gasteiger partial charge in [-0.05, 0) is 44.5 Å². The largest absolute Gasteiger partial charge is 0.493 e. The van der Waals surface area contributed by atoms with Crippen LogP contribution in [0.5, 0.6) is 5.75 Å². The van der Waals surface area contributed by atoms with Gasteiger partial charge in [-0.1, -0.05) is 41.4 Å². The number of ether oxygens (including phenoxy) is 2. The number of amides is 2. The molecule has 3 unspecified atom stereocenters. The highest BCUT2D eigenvalue weighted by atomic mass is 35.5. The first-order valence-electron chi connectivity index (χ1n) is 11.5. The summed E-state index contributed by atoms with van der Waals surface area (Å²) in [6.45, 7) is 6.03. The van der Waals surface area contributed by atoms with E-state index in [2.05, 4.69) is 0 Å². The SMILES string of the molecule is CCOC(=O)C1C2COc3ccc(C)cc3C2N2C(=O)CN(Cc3ccc(Cl)cc3)C(=O)[C@@]12C. The standard InChI is InChI=1S/C26H27ClN2O5/c1-4-33-24(31)22-19-14-34-20-10-5-15(2)11-18(20)23(19)29-21(30)13-28(25(32)26(22,29)3)12-16-6-8-17(27)9-7-16/h5-11,19,22-23H,4,12-14H2,1-3H3/t19?,22?,23?,26-/m1/s1. The van der Waals surface area contributed by atoms with Gasteiger partial charge in [-0.3, -0.25) is 14.4 Å². The molecule has 7 nitrogen and oxygen atoms in total. The molecule has 3 heterocycles. The summed E-state index contributed by atoms with van der Waals surface area (Å²) in [7, 11) is 0. The van der Waals surface area contributed by atoms with Crippen molar-refractivity contribution in [1.82, 2.24) is 9.80 Å². The van der Waals surface area contributed by atoms with E-state index in [0.29, 0.717) is 10.8 Å². The van der Waals surface area contributed by atoms with E-state index in [0.717, 1.165) is 16.7 Å². The molecular weight excluding hydrogens is 456 g/mol. The number of nitrogens with zero attached hydrogens (tertiary/aromatic N) is 2. The third kappa shape index (κ3) is 3.36. The molecule has 2 saturated heterocycles. The van der Waals surface area contributed by atoms with Crippen LogP contribution in [0.15, 0.2) is 42.5 Å². The second-order valence-electron chi connectivity index (χ2n) is 9.39. The maximum atomic E-state index is 14.0. The van der Waals surface area contributed by atoms with E-state index in [-0.39, 0.29) is 44.0 Å². The van der Waals surface area contributed by atoms with Crippen molar-refractivity contribution in [1.29, 1.82) is 0 Å². The van der Waals surface area contributed by atoms with E-state index in [4.69, 9.17) is 21.1 Å². The predicted octanol–water partition coefficient (Wildman–Crippen LogP) is 3.52. The van der Waals surface area contributed by atoms with Gasteiger partial charge in [0.15, 0.2) is 0 Å². The van der Waals surface area contributed by atoms with Gasteiger partial charge in [0.1, 0.15) is 17.8 Å². The molecule has 2 amide bonds. The van der Waals surface area contributed by atoms with E-state index in [1.807, 2.05) is 37.3 Å². The summed E-state index contributed by atoms with van der Waals surface area (Å²) in [6.07, 6.45) is 0. The molecule has 0 saturated carbocycles. The van der Waals surface area contributed by atoms with Gasteiger partial charge in [-0.25, -0.2) is 0 Å². The Morgan fingerprint density at radius 2 is 1.94 bits per heavy atom. The first kappa shape index (κ1) is 22.7. The van der Waals surface area contributed by atoms with Crippen molar-refractivity contribution in [3.8, 4) is 5.75 Å². The molecule has 2 aromatic carbocycles. The van der Waals surface area contributed by atoms with Gasteiger partial charge in [0.25, 0.3) is 0 Å². The Kier molecular flexibility index (Phi) is 5.55. The fourth-order valence-electron chi connectivity index (χ4n) is 5.86. The second-order valence-corrected chi connectivity index (χ2v) is 9.83. The Hall–Kier alpha value is -3.06. The monoisotopic (exact) mass is 482 g/mol. The lowest BCUT2D eigenvalue weighted by atomic mass is 9.77. The molecular formula is C26H27ClN2O5. The molecule has 178 valence electrons. The van der Waals surface area contributed by atoms with Crippen LogP contribution in [0.2, 0.25) is 5.02 Å². The van der Waals surface area contributed by atoms with Crippen LogP contribution in [0.3, 0.4) is 0 Å². The average Bonchev–Trinajstić information content (AvgIpc) is 3.09. The van der Waals surface area contributed by atoms with E-state index in [1.165, 1.54) is 4.90 Å². The molecule has 5 rings (SSSR count). The van der Waals surface area contributed by atoms with Crippen LogP contribution >= 0.6 is 11.6 Å². The minimum atomic E-state index is -1.38. The second kappa shape index (κ2) is 8.31. The minimum absolute atomic E-state index is 0.0577. The number of carbonyl (C=O) groups is 3. The number of benzene rings is 2. The third-order valence-electron chi connectivity index (χ3n) is 7.28. The Labute approximate surface area is 203 Å². The molecule has 3 aliphatic heterocycles. The Morgan fingerprint density at radius 1 is 1.21 bits per heavy atom. The van der Waals surface area contributed by atoms with Crippen LogP contribution in [-0.2, 0) is 25.7 Å². The normalized spacial score (nSPS) is 27.6. The quantitative estimate of drug-likeness (QED) is 0.623. The fraction of sp³-hybridized carbons (Fsp3) is 0.423. The molecule has 3 aliphatic rings. The van der Waals surface area contributed by atoms with Gasteiger partial charge in [0.05, 0.1) is 25.2 Å². The molecule has 0 aliphatic carbocycles. The Bertz CT molecular complexity index is 1170. The number of halogens is 1. The van der Waals surface area contributed by atoms with Gasteiger partial charge < -0.3 is 19.3 Å². The summed E-state index contributed by atoms with van der Waals surface area (Å²) < 4.78 is 11.5. The number of hydrogen-bond acceptors (Lipinski definition) is 5. The van der Waals surface area contributed by atoms with Gasteiger partial charge in [0, 0.05) is 23.0 Å². The number of aryl methyl sites for hydroxylation is 1. The molecule has 34 heavy (non-hydrogen) atoms. The molecule has 4 atom stereocenters. The summed E-state index contributed by atoms with van der Waals surface area (Å²) in [5, 5.41) is 0.596. The average molecular weight is 483 g/mol. The van der Waals surface area contributed by atoms with Gasteiger partial charge in [-0.2, -0.15) is 0 Å². The Balaban J connectivity index is 1.59. The third-order valence-corrected chi connectivity index (χ3v) is 7.53. The molecule has 0 aromatic heterocycles. The van der Waals surface area contributed by atoms with E-state index in [1.54, 1.807) is 30.9 Å². The fourth-order valence-corrected chi connectivity index (χ4v) is 5.98. The molecule has 0 spiro atoms. The van der Waals surface area contributed by atoms with Crippen LogP contribution in [0.25, 0.3) is 0 Å². The van der Waals surface area contributed by atoms with Crippen LogP contribution in [0, 0.1) is 18.8 Å². The zero-order chi connectivity index (χ0) is 24.2. The number of esters is 1. The van der Waals surface area contributed by atoms with Crippen molar-refractivity contribution in [3.05, 3.63) is 64.2 Å². The topological polar surface area (TPSA) is 76.2 Å². The zero-order valence-corrected chi connectivity index (χ0v) is 20.2. The zero-order valence-electron chi connectivity index (χ0n) is 19.4. The number of carbonyl (C=O) groups excluding carboxylic acids is 3. The molecule has 8 heteroatoms. The summed E-state index contributed by atoms with van der Waals surface area (Å²) >= 11 is 6.00. The Morgan fingerprint density at radius 3 is 2.65 bits per heavy atom. The van der Waals surface area contributed by atoms with E-state index >= 15 is 0 Å². The van der Waals surface area contributed by atoms with E-state index in [9.17, 15) is 14.4 Å². The maximum absolute atomic E-state index is 14.0. The molecule has 2 aromatic rings. The molecule has 2 fully saturated rings. The first-order chi connectivity index (χ1) is 16.3. The molecule has 0 bridgehead atoms. The van der Waals surface area contributed by atoms with Crippen molar-refractivity contribution in [3.63, 3.8) is 0 Å². The number of fused-ring (bicyclic) bond motifs is 5. The highest BCUT2D eigenvalue weighted by molar-refractivity contribution is 6.30. The van der Waals surface area contributed by atoms with Crippen molar-refractivity contribution in [2.75, 3.05) is 19.8 Å². The van der Waals surface area contributed by atoms with Gasteiger partial charge in [0.2, 0.25) is 11.8 Å². The number of piperazine rings is 1. The lowest BCUT2D eigenvalue weighted by Crippen LogP contribution is -2.67. The lowest BCUT2D eigenvalue weighted by Gasteiger charge is -2.47. The van der Waals surface area contributed by atoms with Crippen molar-refractivity contribution in [2.24, 2.45) is 11.8 Å². The van der Waals surface area contributed by atoms with Crippen LogP contribution in [0.1, 0.15) is 36.6 Å². The summed E-state index contributed by atoms with van der Waals surface area (Å²) in [4.78, 5) is 44.2. The van der Waals surface area contributed by atoms with E-state index < -0.39 is 23.5 Å². The van der Waals surface area contributed by atoms with Gasteiger partial charge >= 0.3 is 5.97 Å². The summed E-state index contributed by atoms with van der Waals surface area (Å²) in [6, 6.07) is 12.6. The minimum Gasteiger partial charge on any atom is -0.493 e.